The minimum absolute atomic E-state index is 0.00975. The average molecular weight is 432 g/mol. The third kappa shape index (κ3) is 5.69. The van der Waals surface area contributed by atoms with Crippen molar-refractivity contribution in [2.24, 2.45) is 0 Å². The number of ketones is 1. The lowest BCUT2D eigenvalue weighted by Gasteiger charge is -2.34. The molecule has 0 spiro atoms. The molecule has 1 saturated heterocycles. The van der Waals surface area contributed by atoms with Crippen molar-refractivity contribution in [3.63, 3.8) is 0 Å². The molecule has 27 heavy (non-hydrogen) atoms. The van der Waals surface area contributed by atoms with Crippen molar-refractivity contribution < 1.29 is 9.72 Å². The van der Waals surface area contributed by atoms with Crippen LogP contribution in [0.15, 0.2) is 53.0 Å². The molecule has 1 aliphatic heterocycles. The number of carbonyl (C=O) groups is 1. The van der Waals surface area contributed by atoms with Crippen LogP contribution in [-0.2, 0) is 17.8 Å². The van der Waals surface area contributed by atoms with E-state index >= 15 is 0 Å². The van der Waals surface area contributed by atoms with E-state index in [2.05, 4.69) is 50.0 Å². The summed E-state index contributed by atoms with van der Waals surface area (Å²) >= 11 is 3.38. The van der Waals surface area contributed by atoms with Gasteiger partial charge < -0.3 is 0 Å². The van der Waals surface area contributed by atoms with E-state index in [-0.39, 0.29) is 17.9 Å². The first-order valence-corrected chi connectivity index (χ1v) is 9.74. The Bertz CT molecular complexity index is 805. The topological polar surface area (TPSA) is 66.7 Å². The highest BCUT2D eigenvalue weighted by atomic mass is 79.9. The summed E-state index contributed by atoms with van der Waals surface area (Å²) in [6.45, 7) is 4.90. The summed E-state index contributed by atoms with van der Waals surface area (Å²) in [6.07, 6.45) is 0.201. The second-order valence-corrected chi connectivity index (χ2v) is 7.64. The van der Waals surface area contributed by atoms with Gasteiger partial charge in [0.15, 0.2) is 5.78 Å². The highest BCUT2D eigenvalue weighted by Crippen LogP contribution is 2.23. The van der Waals surface area contributed by atoms with Crippen molar-refractivity contribution in [2.75, 3.05) is 32.7 Å². The van der Waals surface area contributed by atoms with E-state index in [4.69, 9.17) is 0 Å². The summed E-state index contributed by atoms with van der Waals surface area (Å²) in [5, 5.41) is 10.9. The molecule has 0 saturated carbocycles. The van der Waals surface area contributed by atoms with Crippen LogP contribution in [0, 0.1) is 10.1 Å². The maximum atomic E-state index is 12.4. The number of halogens is 1. The first-order chi connectivity index (χ1) is 13.0. The molecule has 0 unspecified atom stereocenters. The van der Waals surface area contributed by atoms with Crippen LogP contribution in [0.1, 0.15) is 11.1 Å². The van der Waals surface area contributed by atoms with Crippen LogP contribution >= 0.6 is 15.9 Å². The molecule has 0 N–H and O–H groups in total. The Labute approximate surface area is 167 Å². The fourth-order valence-corrected chi connectivity index (χ4v) is 3.66. The molecule has 6 nitrogen and oxygen atoms in total. The minimum atomic E-state index is -0.438. The molecule has 0 aromatic heterocycles. The molecule has 0 amide bonds. The number of hydrogen-bond acceptors (Lipinski definition) is 5. The molecule has 0 radical (unpaired) electrons. The van der Waals surface area contributed by atoms with Gasteiger partial charge in [0.2, 0.25) is 0 Å². The second kappa shape index (κ2) is 9.21. The summed E-state index contributed by atoms with van der Waals surface area (Å²) in [5.74, 6) is 0.0766. The second-order valence-electron chi connectivity index (χ2n) is 6.79. The van der Waals surface area contributed by atoms with E-state index < -0.39 is 4.92 Å². The lowest BCUT2D eigenvalue weighted by Crippen LogP contribution is -2.47. The van der Waals surface area contributed by atoms with E-state index in [9.17, 15) is 14.9 Å². The van der Waals surface area contributed by atoms with Crippen molar-refractivity contribution >= 4 is 27.4 Å². The molecular formula is C20H22BrN3O3. The van der Waals surface area contributed by atoms with Gasteiger partial charge in [-0.15, -0.1) is 0 Å². The molecule has 142 valence electrons. The number of rotatable bonds is 7. The van der Waals surface area contributed by atoms with E-state index in [0.29, 0.717) is 12.1 Å². The summed E-state index contributed by atoms with van der Waals surface area (Å²) in [5.41, 5.74) is 1.98. The van der Waals surface area contributed by atoms with E-state index in [1.54, 1.807) is 6.07 Å². The maximum Gasteiger partial charge on any atom is 0.269 e. The molecule has 1 fully saturated rings. The Balaban J connectivity index is 1.48. The summed E-state index contributed by atoms with van der Waals surface area (Å²) in [6, 6.07) is 14.9. The molecule has 1 aliphatic rings. The zero-order valence-electron chi connectivity index (χ0n) is 15.0. The summed E-state index contributed by atoms with van der Waals surface area (Å²) in [7, 11) is 0. The Kier molecular flexibility index (Phi) is 6.71. The maximum absolute atomic E-state index is 12.4. The van der Waals surface area contributed by atoms with Crippen LogP contribution in [0.2, 0.25) is 0 Å². The molecule has 0 bridgehead atoms. The lowest BCUT2D eigenvalue weighted by molar-refractivity contribution is -0.384. The van der Waals surface area contributed by atoms with Crippen molar-refractivity contribution in [1.29, 1.82) is 0 Å². The van der Waals surface area contributed by atoms with Gasteiger partial charge in [-0.25, -0.2) is 0 Å². The van der Waals surface area contributed by atoms with Gasteiger partial charge in [-0.3, -0.25) is 24.7 Å². The summed E-state index contributed by atoms with van der Waals surface area (Å²) in [4.78, 5) is 27.5. The van der Waals surface area contributed by atoms with Crippen LogP contribution in [-0.4, -0.2) is 53.2 Å². The number of nitrogens with zero attached hydrogens (tertiary/aromatic N) is 3. The van der Waals surface area contributed by atoms with Gasteiger partial charge >= 0.3 is 0 Å². The molecule has 2 aromatic carbocycles. The fourth-order valence-electron chi connectivity index (χ4n) is 3.28. The Hall–Kier alpha value is -2.09. The van der Waals surface area contributed by atoms with Gasteiger partial charge in [-0.2, -0.15) is 0 Å². The van der Waals surface area contributed by atoms with Crippen molar-refractivity contribution in [3.8, 4) is 0 Å². The smallest absolute Gasteiger partial charge is 0.269 e. The summed E-state index contributed by atoms with van der Waals surface area (Å²) < 4.78 is 0.731. The molecule has 3 rings (SSSR count). The highest BCUT2D eigenvalue weighted by molar-refractivity contribution is 9.10. The van der Waals surface area contributed by atoms with Crippen molar-refractivity contribution in [1.82, 2.24) is 9.80 Å². The van der Waals surface area contributed by atoms with Crippen molar-refractivity contribution in [2.45, 2.75) is 13.0 Å². The van der Waals surface area contributed by atoms with Crippen LogP contribution in [0.3, 0.4) is 0 Å². The molecule has 1 heterocycles. The van der Waals surface area contributed by atoms with E-state index in [1.807, 2.05) is 6.07 Å². The fraction of sp³-hybridized carbons (Fsp3) is 0.350. The minimum Gasteiger partial charge on any atom is -0.298 e. The number of non-ortho nitro benzene ring substituents is 1. The van der Waals surface area contributed by atoms with Crippen molar-refractivity contribution in [3.05, 3.63) is 74.2 Å². The Morgan fingerprint density at radius 3 is 2.37 bits per heavy atom. The highest BCUT2D eigenvalue weighted by Gasteiger charge is 2.20. The first kappa shape index (κ1) is 19.7. The van der Waals surface area contributed by atoms with Gasteiger partial charge in [-0.1, -0.05) is 46.3 Å². The van der Waals surface area contributed by atoms with Gasteiger partial charge in [0.05, 0.1) is 11.5 Å². The van der Waals surface area contributed by atoms with Gasteiger partial charge in [0.25, 0.3) is 5.69 Å². The predicted molar refractivity (Wildman–Crippen MR) is 108 cm³/mol. The first-order valence-electron chi connectivity index (χ1n) is 8.94. The van der Waals surface area contributed by atoms with Gasteiger partial charge in [-0.05, 0) is 17.2 Å². The Morgan fingerprint density at radius 1 is 1.04 bits per heavy atom. The standard InChI is InChI=1S/C20H22BrN3O3/c21-20-7-6-18(24(26)27)12-17(20)13-19(25)15-23-10-8-22(9-11-23)14-16-4-2-1-3-5-16/h1-7,12H,8-11,13-15H2. The number of Topliss-reactive ketones (excluding diaryl/α,β-unsaturated/α-hetero) is 1. The Morgan fingerprint density at radius 2 is 1.70 bits per heavy atom. The zero-order chi connectivity index (χ0) is 19.2. The van der Waals surface area contributed by atoms with Gasteiger partial charge in [0, 0.05) is 55.8 Å². The quantitative estimate of drug-likeness (QED) is 0.496. The molecule has 7 heteroatoms. The number of nitro benzene ring substituents is 1. The van der Waals surface area contributed by atoms with Crippen LogP contribution < -0.4 is 0 Å². The van der Waals surface area contributed by atoms with Crippen LogP contribution in [0.5, 0.6) is 0 Å². The monoisotopic (exact) mass is 431 g/mol. The SMILES string of the molecule is O=C(Cc1cc([N+](=O)[O-])ccc1Br)CN1CCN(Cc2ccccc2)CC1. The molecule has 2 aromatic rings. The third-order valence-corrected chi connectivity index (χ3v) is 5.52. The van der Waals surface area contributed by atoms with Gasteiger partial charge in [0.1, 0.15) is 0 Å². The lowest BCUT2D eigenvalue weighted by atomic mass is 10.1. The zero-order valence-corrected chi connectivity index (χ0v) is 16.6. The number of carbonyl (C=O) groups excluding carboxylic acids is 1. The van der Waals surface area contributed by atoms with E-state index in [0.717, 1.165) is 37.2 Å². The normalized spacial score (nSPS) is 15.6. The van der Waals surface area contributed by atoms with Crippen LogP contribution in [0.4, 0.5) is 5.69 Å². The average Bonchev–Trinajstić information content (AvgIpc) is 2.66. The molecular weight excluding hydrogens is 410 g/mol. The number of nitro groups is 1. The number of piperazine rings is 1. The molecule has 0 aliphatic carbocycles. The number of hydrogen-bond donors (Lipinski definition) is 0. The molecule has 0 atom stereocenters. The predicted octanol–water partition coefficient (Wildman–Crippen LogP) is 3.29. The largest absolute Gasteiger partial charge is 0.298 e. The number of benzene rings is 2. The third-order valence-electron chi connectivity index (χ3n) is 4.74. The van der Waals surface area contributed by atoms with E-state index in [1.165, 1.54) is 17.7 Å². The van der Waals surface area contributed by atoms with Crippen LogP contribution in [0.25, 0.3) is 0 Å².